The monoisotopic (exact) mass is 990 g/mol. The van der Waals surface area contributed by atoms with E-state index >= 15 is 4.79 Å². The van der Waals surface area contributed by atoms with Gasteiger partial charge >= 0.3 is 0 Å². The van der Waals surface area contributed by atoms with Crippen molar-refractivity contribution in [3.63, 3.8) is 0 Å². The Hall–Kier alpha value is -9.83. The van der Waals surface area contributed by atoms with Gasteiger partial charge in [0.25, 0.3) is 0 Å². The Bertz CT molecular complexity index is 4780. The summed E-state index contributed by atoms with van der Waals surface area (Å²) in [5.41, 5.74) is 28.0. The number of ketones is 1. The Morgan fingerprint density at radius 3 is 1.18 bits per heavy atom. The lowest BCUT2D eigenvalue weighted by atomic mass is 9.69. The van der Waals surface area contributed by atoms with Crippen LogP contribution in [-0.4, -0.2) is 14.9 Å². The number of allylic oxidation sites excluding steroid dienone is 1. The summed E-state index contributed by atoms with van der Waals surface area (Å²) in [5, 5.41) is 3.78. The van der Waals surface area contributed by atoms with Gasteiger partial charge in [-0.3, -0.25) is 4.79 Å². The van der Waals surface area contributed by atoms with Gasteiger partial charge in [-0.15, -0.1) is 0 Å². The molecule has 18 rings (SSSR count). The van der Waals surface area contributed by atoms with Gasteiger partial charge in [0.1, 0.15) is 0 Å². The number of carbonyl (C=O) groups excluding carboxylic acids is 1. The maximum absolute atomic E-state index is 15.9. The summed E-state index contributed by atoms with van der Waals surface area (Å²) in [6.45, 7) is 0. The molecular weight excluding hydrogens is 945 g/mol. The number of hydrogen-bond acceptors (Lipinski definition) is 1. The minimum atomic E-state index is -0.766. The normalized spacial score (nSPS) is 16.0. The first-order chi connectivity index (χ1) is 38.6. The van der Waals surface area contributed by atoms with Gasteiger partial charge < -0.3 is 9.13 Å². The molecule has 11 aromatic carbocycles. The fraction of sp³-hybridized carbons (Fsp3) is 0.0533. The first kappa shape index (κ1) is 42.4. The lowest BCUT2D eigenvalue weighted by molar-refractivity contribution is 0.103. The molecule has 0 saturated heterocycles. The molecule has 3 heteroatoms. The predicted molar refractivity (Wildman–Crippen MR) is 317 cm³/mol. The highest BCUT2D eigenvalue weighted by Gasteiger charge is 2.54. The second-order valence-corrected chi connectivity index (χ2v) is 22.0. The standard InChI is InChI=1S/C75H46N2O/c78-73(45-33-37-53-51-19-3-11-27-63(51)74(65(53)41-45)61-25-9-1-17-49(61)50-18-2-10-26-62(50)74)46-34-38-54-52-20-4-12-28-64(52)75(66(54)42-46)67-43-47(76-69-29-13-5-21-57(69)58-22-6-14-30-70(58)76)35-39-55(67)56-40-36-48(44-68(56)75)77-71-31-15-7-23-59(71)60-24-8-16-32-72(60)77/h1-7,9-23,25-44H,8,24H2. The summed E-state index contributed by atoms with van der Waals surface area (Å²) in [5.74, 6) is 0.0147. The van der Waals surface area contributed by atoms with E-state index in [9.17, 15) is 0 Å². The Labute approximate surface area is 451 Å². The van der Waals surface area contributed by atoms with Crippen LogP contribution in [0.15, 0.2) is 249 Å². The molecular formula is C75H46N2O. The van der Waals surface area contributed by atoms with Gasteiger partial charge in [0.15, 0.2) is 5.78 Å². The van der Waals surface area contributed by atoms with Gasteiger partial charge in [-0.05, 0) is 168 Å². The molecule has 0 saturated carbocycles. The van der Waals surface area contributed by atoms with Crippen molar-refractivity contribution in [1.82, 2.24) is 9.13 Å². The molecule has 362 valence electrons. The number of nitrogens with zero attached hydrogens (tertiary/aromatic N) is 2. The maximum Gasteiger partial charge on any atom is 0.193 e. The van der Waals surface area contributed by atoms with E-state index in [0.29, 0.717) is 11.1 Å². The Morgan fingerprint density at radius 1 is 0.333 bits per heavy atom. The van der Waals surface area contributed by atoms with Crippen molar-refractivity contribution in [3.05, 3.63) is 316 Å². The quantitative estimate of drug-likeness (QED) is 0.161. The van der Waals surface area contributed by atoms with Crippen molar-refractivity contribution < 1.29 is 4.79 Å². The van der Waals surface area contributed by atoms with Crippen LogP contribution >= 0.6 is 0 Å². The molecule has 0 radical (unpaired) electrons. The maximum atomic E-state index is 15.9. The van der Waals surface area contributed by atoms with E-state index in [-0.39, 0.29) is 5.78 Å². The number of fused-ring (bicyclic) bond motifs is 26. The third-order valence-electron chi connectivity index (χ3n) is 18.6. The summed E-state index contributed by atoms with van der Waals surface area (Å²) in [4.78, 5) is 15.9. The van der Waals surface area contributed by atoms with Crippen LogP contribution in [0.4, 0.5) is 0 Å². The molecule has 0 aliphatic heterocycles. The molecule has 0 fully saturated rings. The van der Waals surface area contributed by atoms with Crippen LogP contribution in [0, 0.1) is 0 Å². The Balaban J connectivity index is 0.881. The van der Waals surface area contributed by atoms with Crippen molar-refractivity contribution in [2.75, 3.05) is 0 Å². The number of aryl methyl sites for hydroxylation is 1. The largest absolute Gasteiger partial charge is 0.310 e. The highest BCUT2D eigenvalue weighted by molar-refractivity contribution is 6.12. The molecule has 2 heterocycles. The minimum Gasteiger partial charge on any atom is -0.310 e. The smallest absolute Gasteiger partial charge is 0.193 e. The average Bonchev–Trinajstić information content (AvgIpc) is 4.43. The second-order valence-electron chi connectivity index (χ2n) is 22.0. The molecule has 5 aliphatic rings. The van der Waals surface area contributed by atoms with E-state index in [1.54, 1.807) is 0 Å². The second kappa shape index (κ2) is 15.2. The van der Waals surface area contributed by atoms with Crippen molar-refractivity contribution >= 4 is 44.6 Å². The lowest BCUT2D eigenvalue weighted by Crippen LogP contribution is -2.27. The van der Waals surface area contributed by atoms with Crippen LogP contribution in [0.25, 0.3) is 94.7 Å². The first-order valence-electron chi connectivity index (χ1n) is 27.4. The fourth-order valence-electron chi connectivity index (χ4n) is 15.6. The molecule has 0 amide bonds. The van der Waals surface area contributed by atoms with Crippen LogP contribution < -0.4 is 0 Å². The van der Waals surface area contributed by atoms with Gasteiger partial charge in [-0.2, -0.15) is 0 Å². The zero-order chi connectivity index (χ0) is 51.0. The van der Waals surface area contributed by atoms with E-state index in [4.69, 9.17) is 0 Å². The topological polar surface area (TPSA) is 26.9 Å². The van der Waals surface area contributed by atoms with Crippen LogP contribution in [-0.2, 0) is 17.3 Å². The van der Waals surface area contributed by atoms with Crippen LogP contribution in [0.3, 0.4) is 0 Å². The molecule has 0 N–H and O–H groups in total. The van der Waals surface area contributed by atoms with Gasteiger partial charge in [-0.1, -0.05) is 194 Å². The number of para-hydroxylation sites is 3. The van der Waals surface area contributed by atoms with E-state index < -0.39 is 10.8 Å². The van der Waals surface area contributed by atoms with Crippen LogP contribution in [0.2, 0.25) is 0 Å². The SMILES string of the molecule is O=C(c1ccc2c(c1)C1(c3ccccc3-c3ccccc31)c1ccccc1-2)c1ccc2c(c1)C1(c3ccccc3-2)c2cc(-n3c4c(c5ccccc53)CCC=C4)ccc2-c2ccc(-n3c4ccccc4c4ccccc43)cc21. The number of hydrogen-bond donors (Lipinski definition) is 0. The molecule has 3 nitrogen and oxygen atoms in total. The molecule has 2 spiro atoms. The third kappa shape index (κ3) is 5.13. The fourth-order valence-corrected chi connectivity index (χ4v) is 15.6. The number of benzene rings is 11. The molecule has 1 unspecified atom stereocenters. The molecule has 78 heavy (non-hydrogen) atoms. The van der Waals surface area contributed by atoms with Crippen LogP contribution in [0.5, 0.6) is 0 Å². The summed E-state index contributed by atoms with van der Waals surface area (Å²) < 4.78 is 4.93. The third-order valence-corrected chi connectivity index (χ3v) is 18.6. The number of carbonyl (C=O) groups is 1. The summed E-state index contributed by atoms with van der Waals surface area (Å²) in [6, 6.07) is 89.6. The van der Waals surface area contributed by atoms with Gasteiger partial charge in [0, 0.05) is 44.4 Å². The van der Waals surface area contributed by atoms with Crippen LogP contribution in [0.1, 0.15) is 78.1 Å². The molecule has 2 aromatic heterocycles. The van der Waals surface area contributed by atoms with Gasteiger partial charge in [0.05, 0.1) is 27.4 Å². The molecule has 5 aliphatic carbocycles. The van der Waals surface area contributed by atoms with Gasteiger partial charge in [0.2, 0.25) is 0 Å². The first-order valence-corrected chi connectivity index (χ1v) is 27.4. The Kier molecular flexibility index (Phi) is 8.25. The number of aromatic nitrogens is 2. The van der Waals surface area contributed by atoms with Crippen molar-refractivity contribution in [2.24, 2.45) is 0 Å². The Morgan fingerprint density at radius 2 is 0.692 bits per heavy atom. The van der Waals surface area contributed by atoms with E-state index in [0.717, 1.165) is 40.9 Å². The average molecular weight is 991 g/mol. The molecule has 1 atom stereocenters. The van der Waals surface area contributed by atoms with E-state index in [1.165, 1.54) is 116 Å². The van der Waals surface area contributed by atoms with Gasteiger partial charge in [-0.25, -0.2) is 0 Å². The summed E-state index contributed by atoms with van der Waals surface area (Å²) in [7, 11) is 0. The summed E-state index contributed by atoms with van der Waals surface area (Å²) >= 11 is 0. The minimum absolute atomic E-state index is 0.0147. The van der Waals surface area contributed by atoms with Crippen molar-refractivity contribution in [3.8, 4) is 55.9 Å². The summed E-state index contributed by atoms with van der Waals surface area (Å²) in [6.07, 6.45) is 6.71. The van der Waals surface area contributed by atoms with E-state index in [2.05, 4.69) is 264 Å². The molecule has 0 bridgehead atoms. The number of rotatable bonds is 4. The predicted octanol–water partition coefficient (Wildman–Crippen LogP) is 17.6. The lowest BCUT2D eigenvalue weighted by Gasteiger charge is -2.31. The zero-order valence-electron chi connectivity index (χ0n) is 42.5. The van der Waals surface area contributed by atoms with Crippen molar-refractivity contribution in [2.45, 2.75) is 23.7 Å². The highest BCUT2D eigenvalue weighted by Crippen LogP contribution is 2.65. The molecule has 13 aromatic rings. The van der Waals surface area contributed by atoms with Crippen molar-refractivity contribution in [1.29, 1.82) is 0 Å². The highest BCUT2D eigenvalue weighted by atomic mass is 16.1. The zero-order valence-corrected chi connectivity index (χ0v) is 42.5. The van der Waals surface area contributed by atoms with E-state index in [1.807, 2.05) is 0 Å².